The molecule has 0 bridgehead atoms. The molecule has 1 fully saturated rings. The molecule has 0 radical (unpaired) electrons. The molecule has 3 rings (SSSR count). The number of fused-ring (bicyclic) bond motifs is 1. The maximum Gasteiger partial charge on any atom is 0.201 e. The largest absolute Gasteiger partial charge is 0.355 e. The van der Waals surface area contributed by atoms with Gasteiger partial charge in [-0.1, -0.05) is 0 Å². The van der Waals surface area contributed by atoms with Gasteiger partial charge in [0.05, 0.1) is 14.5 Å². The highest BCUT2D eigenvalue weighted by molar-refractivity contribution is 9.15. The zero-order valence-electron chi connectivity index (χ0n) is 14.2. The van der Waals surface area contributed by atoms with Gasteiger partial charge in [-0.25, -0.2) is 4.98 Å². The molecule has 1 aromatic carbocycles. The number of likely N-dealkylation sites (tertiary alicyclic amines) is 1. The molecular formula is C16H21Br4N5. The number of benzene rings is 1. The molecule has 0 aliphatic carbocycles. The summed E-state index contributed by atoms with van der Waals surface area (Å²) in [6.07, 6.45) is 1.24. The lowest BCUT2D eigenvalue weighted by atomic mass is 10.1. The number of hydrogen-bond acceptors (Lipinski definition) is 4. The van der Waals surface area contributed by atoms with E-state index in [2.05, 4.69) is 97.9 Å². The zero-order chi connectivity index (χ0) is 18.1. The van der Waals surface area contributed by atoms with E-state index < -0.39 is 0 Å². The van der Waals surface area contributed by atoms with Gasteiger partial charge < -0.3 is 20.1 Å². The molecular weight excluding hydrogens is 582 g/mol. The van der Waals surface area contributed by atoms with Crippen molar-refractivity contribution in [2.45, 2.75) is 6.42 Å². The van der Waals surface area contributed by atoms with E-state index in [1.807, 2.05) is 0 Å². The number of H-pyrrole nitrogens is 1. The lowest BCUT2D eigenvalue weighted by molar-refractivity contribution is 0.277. The van der Waals surface area contributed by atoms with Crippen molar-refractivity contribution in [3.05, 3.63) is 17.9 Å². The summed E-state index contributed by atoms with van der Waals surface area (Å²) in [5, 5.41) is 3.48. The van der Waals surface area contributed by atoms with Gasteiger partial charge in [0.2, 0.25) is 5.95 Å². The minimum Gasteiger partial charge on any atom is -0.355 e. The Kier molecular flexibility index (Phi) is 6.87. The highest BCUT2D eigenvalue weighted by atomic mass is 79.9. The van der Waals surface area contributed by atoms with Gasteiger partial charge in [-0.15, -0.1) is 0 Å². The van der Waals surface area contributed by atoms with Gasteiger partial charge in [0.1, 0.15) is 5.52 Å². The molecule has 2 aromatic rings. The van der Waals surface area contributed by atoms with Crippen LogP contribution in [-0.4, -0.2) is 66.6 Å². The number of nitrogens with one attached hydrogen (secondary N) is 2. The summed E-state index contributed by atoms with van der Waals surface area (Å²) in [4.78, 5) is 12.9. The van der Waals surface area contributed by atoms with Gasteiger partial charge in [-0.05, 0) is 96.7 Å². The normalized spacial score (nSPS) is 18.6. The minimum absolute atomic E-state index is 0.667. The Morgan fingerprint density at radius 1 is 1.16 bits per heavy atom. The van der Waals surface area contributed by atoms with Crippen molar-refractivity contribution < 1.29 is 0 Å². The summed E-state index contributed by atoms with van der Waals surface area (Å²) in [7, 11) is 4.26. The molecule has 0 spiro atoms. The van der Waals surface area contributed by atoms with Gasteiger partial charge in [0, 0.05) is 35.1 Å². The quantitative estimate of drug-likeness (QED) is 0.365. The molecule has 25 heavy (non-hydrogen) atoms. The molecule has 1 aliphatic rings. The highest BCUT2D eigenvalue weighted by Crippen LogP contribution is 2.42. The van der Waals surface area contributed by atoms with Crippen molar-refractivity contribution >= 4 is 80.7 Å². The van der Waals surface area contributed by atoms with Crippen LogP contribution < -0.4 is 5.32 Å². The second-order valence-electron chi connectivity index (χ2n) is 6.70. The van der Waals surface area contributed by atoms with E-state index >= 15 is 0 Å². The number of aromatic nitrogens is 2. The Morgan fingerprint density at radius 2 is 1.88 bits per heavy atom. The summed E-state index contributed by atoms with van der Waals surface area (Å²) in [6.45, 7) is 5.56. The van der Waals surface area contributed by atoms with Gasteiger partial charge in [-0.2, -0.15) is 0 Å². The number of nitrogens with zero attached hydrogens (tertiary/aromatic N) is 3. The predicted octanol–water partition coefficient (Wildman–Crippen LogP) is 4.91. The van der Waals surface area contributed by atoms with E-state index in [1.165, 1.54) is 13.0 Å². The Bertz CT molecular complexity index is 716. The number of hydrogen-bond donors (Lipinski definition) is 2. The lowest BCUT2D eigenvalue weighted by Gasteiger charge is -2.18. The first kappa shape index (κ1) is 20.1. The third-order valence-corrected chi connectivity index (χ3v) is 9.25. The molecule has 138 valence electrons. The van der Waals surface area contributed by atoms with Gasteiger partial charge in [0.25, 0.3) is 0 Å². The summed E-state index contributed by atoms with van der Waals surface area (Å²) in [5.41, 5.74) is 1.88. The first-order chi connectivity index (χ1) is 11.9. The summed E-state index contributed by atoms with van der Waals surface area (Å²) in [6, 6.07) is 0. The van der Waals surface area contributed by atoms with Crippen molar-refractivity contribution in [1.82, 2.24) is 19.8 Å². The maximum absolute atomic E-state index is 4.70. The fourth-order valence-electron chi connectivity index (χ4n) is 3.05. The van der Waals surface area contributed by atoms with Crippen LogP contribution in [0.1, 0.15) is 6.42 Å². The Hall–Kier alpha value is 0.330. The van der Waals surface area contributed by atoms with E-state index in [9.17, 15) is 0 Å². The fourth-order valence-corrected chi connectivity index (χ4v) is 5.33. The molecule has 1 saturated heterocycles. The fraction of sp³-hybridized carbons (Fsp3) is 0.562. The van der Waals surface area contributed by atoms with E-state index in [-0.39, 0.29) is 0 Å². The highest BCUT2D eigenvalue weighted by Gasteiger charge is 2.23. The molecule has 1 atom stereocenters. The number of aromatic amines is 1. The molecule has 1 unspecified atom stereocenters. The second kappa shape index (κ2) is 8.56. The summed E-state index contributed by atoms with van der Waals surface area (Å²) >= 11 is 14.4. The Balaban J connectivity index is 1.63. The molecule has 0 amide bonds. The number of rotatable bonds is 6. The van der Waals surface area contributed by atoms with Crippen LogP contribution in [0, 0.1) is 5.92 Å². The second-order valence-corrected chi connectivity index (χ2v) is 9.88. The van der Waals surface area contributed by atoms with E-state index in [0.717, 1.165) is 61.1 Å². The SMILES string of the molecule is CN(C)CCN1CCC(CNc2nc3c(Br)c(Br)c(Br)c(Br)c3[nH]2)C1. The third-order valence-electron chi connectivity index (χ3n) is 4.50. The van der Waals surface area contributed by atoms with Crippen molar-refractivity contribution in [2.24, 2.45) is 5.92 Å². The number of likely N-dealkylation sites (N-methyl/N-ethyl adjacent to an activating group) is 1. The molecule has 9 heteroatoms. The van der Waals surface area contributed by atoms with E-state index in [1.54, 1.807) is 0 Å². The maximum atomic E-state index is 4.70. The average molecular weight is 603 g/mol. The summed E-state index contributed by atoms with van der Waals surface area (Å²) < 4.78 is 3.83. The van der Waals surface area contributed by atoms with Crippen LogP contribution in [0.2, 0.25) is 0 Å². The number of halogens is 4. The first-order valence-electron chi connectivity index (χ1n) is 8.19. The van der Waals surface area contributed by atoms with Crippen LogP contribution >= 0.6 is 63.7 Å². The van der Waals surface area contributed by atoms with Crippen molar-refractivity contribution in [3.8, 4) is 0 Å². The number of imidazole rings is 1. The molecule has 0 saturated carbocycles. The van der Waals surface area contributed by atoms with E-state index in [0.29, 0.717) is 5.92 Å². The standard InChI is InChI=1S/C16H21Br4N5/c1-24(2)5-6-25-4-3-9(8-25)7-21-16-22-14-12(19)10(17)11(18)13(20)15(14)23-16/h9H,3-8H2,1-2H3,(H2,21,22,23). The predicted molar refractivity (Wildman–Crippen MR) is 118 cm³/mol. The van der Waals surface area contributed by atoms with Crippen molar-refractivity contribution in [1.29, 1.82) is 0 Å². The number of anilines is 1. The van der Waals surface area contributed by atoms with Gasteiger partial charge >= 0.3 is 0 Å². The third kappa shape index (κ3) is 4.60. The smallest absolute Gasteiger partial charge is 0.201 e. The van der Waals surface area contributed by atoms with Crippen molar-refractivity contribution in [2.75, 3.05) is 52.1 Å². The van der Waals surface area contributed by atoms with Crippen LogP contribution in [-0.2, 0) is 0 Å². The zero-order valence-corrected chi connectivity index (χ0v) is 20.5. The van der Waals surface area contributed by atoms with Crippen LogP contribution in [0.25, 0.3) is 11.0 Å². The average Bonchev–Trinajstić information content (AvgIpc) is 3.21. The summed E-state index contributed by atoms with van der Waals surface area (Å²) in [5.74, 6) is 1.48. The Labute approximate surface area is 181 Å². The minimum atomic E-state index is 0.667. The van der Waals surface area contributed by atoms with E-state index in [4.69, 9.17) is 4.98 Å². The van der Waals surface area contributed by atoms with Crippen LogP contribution in [0.3, 0.4) is 0 Å². The van der Waals surface area contributed by atoms with Crippen LogP contribution in [0.5, 0.6) is 0 Å². The molecule has 5 nitrogen and oxygen atoms in total. The molecule has 2 heterocycles. The Morgan fingerprint density at radius 3 is 2.60 bits per heavy atom. The van der Waals surface area contributed by atoms with Crippen molar-refractivity contribution in [3.63, 3.8) is 0 Å². The van der Waals surface area contributed by atoms with Gasteiger partial charge in [-0.3, -0.25) is 0 Å². The van der Waals surface area contributed by atoms with Crippen LogP contribution in [0.15, 0.2) is 17.9 Å². The van der Waals surface area contributed by atoms with Crippen LogP contribution in [0.4, 0.5) is 5.95 Å². The van der Waals surface area contributed by atoms with Gasteiger partial charge in [0.15, 0.2) is 0 Å². The topological polar surface area (TPSA) is 47.2 Å². The molecule has 1 aromatic heterocycles. The monoisotopic (exact) mass is 599 g/mol. The first-order valence-corrected chi connectivity index (χ1v) is 11.4. The lowest BCUT2D eigenvalue weighted by Crippen LogP contribution is -2.30. The molecule has 1 aliphatic heterocycles. The molecule has 2 N–H and O–H groups in total.